The van der Waals surface area contributed by atoms with Crippen LogP contribution >= 0.6 is 0 Å². The monoisotopic (exact) mass is 245 g/mol. The predicted octanol–water partition coefficient (Wildman–Crippen LogP) is 1.44. The fourth-order valence-electron chi connectivity index (χ4n) is 1.67. The number of pyridine rings is 1. The van der Waals surface area contributed by atoms with Crippen LogP contribution in [0.15, 0.2) is 24.5 Å². The van der Waals surface area contributed by atoms with Crippen molar-refractivity contribution in [1.82, 2.24) is 14.8 Å². The first-order valence-corrected chi connectivity index (χ1v) is 5.67. The van der Waals surface area contributed by atoms with Crippen molar-refractivity contribution in [2.75, 3.05) is 11.1 Å². The first kappa shape index (κ1) is 12.1. The maximum atomic E-state index is 12.1. The second-order valence-electron chi connectivity index (χ2n) is 3.94. The summed E-state index contributed by atoms with van der Waals surface area (Å²) in [5.74, 6) is 0.202. The van der Waals surface area contributed by atoms with Gasteiger partial charge in [0.2, 0.25) is 0 Å². The Labute approximate surface area is 105 Å². The van der Waals surface area contributed by atoms with E-state index in [4.69, 9.17) is 5.73 Å². The van der Waals surface area contributed by atoms with Gasteiger partial charge in [-0.05, 0) is 31.5 Å². The Morgan fingerprint density at radius 1 is 1.56 bits per heavy atom. The molecule has 2 rings (SSSR count). The van der Waals surface area contributed by atoms with Gasteiger partial charge in [-0.25, -0.2) is 4.98 Å². The summed E-state index contributed by atoms with van der Waals surface area (Å²) in [6.45, 7) is 4.41. The topological polar surface area (TPSA) is 85.8 Å². The normalized spacial score (nSPS) is 10.3. The van der Waals surface area contributed by atoms with Gasteiger partial charge in [-0.15, -0.1) is 0 Å². The number of hydrogen-bond acceptors (Lipinski definition) is 4. The lowest BCUT2D eigenvalue weighted by Crippen LogP contribution is -2.19. The molecule has 2 heterocycles. The zero-order valence-corrected chi connectivity index (χ0v) is 10.3. The molecular formula is C12H15N5O. The number of nitrogens with one attached hydrogen (secondary N) is 1. The number of aryl methyl sites for hydroxylation is 2. The third kappa shape index (κ3) is 2.32. The number of hydrogen-bond donors (Lipinski definition) is 2. The highest BCUT2D eigenvalue weighted by atomic mass is 16.2. The first-order chi connectivity index (χ1) is 8.61. The van der Waals surface area contributed by atoms with Crippen LogP contribution in [-0.2, 0) is 6.54 Å². The van der Waals surface area contributed by atoms with Crippen LogP contribution in [0.3, 0.4) is 0 Å². The fourth-order valence-corrected chi connectivity index (χ4v) is 1.67. The van der Waals surface area contributed by atoms with E-state index in [0.29, 0.717) is 23.7 Å². The van der Waals surface area contributed by atoms with E-state index in [1.165, 1.54) is 6.20 Å². The molecule has 3 N–H and O–H groups in total. The lowest BCUT2D eigenvalue weighted by atomic mass is 10.3. The number of carbonyl (C=O) groups excluding carboxylic acids is 1. The molecule has 0 aliphatic rings. The molecule has 6 nitrogen and oxygen atoms in total. The third-order valence-electron chi connectivity index (χ3n) is 2.54. The molecule has 0 aliphatic carbocycles. The Hall–Kier alpha value is -2.37. The van der Waals surface area contributed by atoms with Crippen molar-refractivity contribution in [2.24, 2.45) is 0 Å². The maximum absolute atomic E-state index is 12.1. The number of rotatable bonds is 3. The average molecular weight is 245 g/mol. The highest BCUT2D eigenvalue weighted by molar-refractivity contribution is 6.05. The van der Waals surface area contributed by atoms with Crippen LogP contribution in [0.4, 0.5) is 11.5 Å². The van der Waals surface area contributed by atoms with Crippen LogP contribution < -0.4 is 11.1 Å². The van der Waals surface area contributed by atoms with Crippen LogP contribution in [0.1, 0.15) is 23.0 Å². The average Bonchev–Trinajstić information content (AvgIpc) is 2.70. The van der Waals surface area contributed by atoms with Gasteiger partial charge in [0, 0.05) is 12.7 Å². The van der Waals surface area contributed by atoms with Gasteiger partial charge in [0.15, 0.2) is 0 Å². The van der Waals surface area contributed by atoms with Crippen molar-refractivity contribution in [3.8, 4) is 0 Å². The molecule has 0 saturated heterocycles. The van der Waals surface area contributed by atoms with Gasteiger partial charge < -0.3 is 11.1 Å². The second kappa shape index (κ2) is 4.87. The number of carbonyl (C=O) groups is 1. The Morgan fingerprint density at radius 3 is 3.00 bits per heavy atom. The van der Waals surface area contributed by atoms with Gasteiger partial charge in [-0.3, -0.25) is 9.48 Å². The maximum Gasteiger partial charge on any atom is 0.277 e. The molecular weight excluding hydrogens is 230 g/mol. The SMILES string of the molecule is CCn1ncc(N)c1C(=O)Nc1cc(C)ccn1. The van der Waals surface area contributed by atoms with E-state index in [1.54, 1.807) is 16.9 Å². The second-order valence-corrected chi connectivity index (χ2v) is 3.94. The van der Waals surface area contributed by atoms with Crippen LogP contribution in [-0.4, -0.2) is 20.7 Å². The molecule has 0 fully saturated rings. The summed E-state index contributed by atoms with van der Waals surface area (Å²) >= 11 is 0. The number of amides is 1. The van der Waals surface area contributed by atoms with Crippen LogP contribution in [0.2, 0.25) is 0 Å². The molecule has 18 heavy (non-hydrogen) atoms. The van der Waals surface area contributed by atoms with Gasteiger partial charge in [-0.2, -0.15) is 5.10 Å². The molecule has 1 amide bonds. The molecule has 0 atom stereocenters. The van der Waals surface area contributed by atoms with Crippen molar-refractivity contribution in [1.29, 1.82) is 0 Å². The summed E-state index contributed by atoms with van der Waals surface area (Å²) < 4.78 is 1.56. The Kier molecular flexibility index (Phi) is 3.27. The third-order valence-corrected chi connectivity index (χ3v) is 2.54. The molecule has 0 bridgehead atoms. The van der Waals surface area contributed by atoms with E-state index in [-0.39, 0.29) is 5.91 Å². The number of aromatic nitrogens is 3. The van der Waals surface area contributed by atoms with Crippen LogP contribution in [0.5, 0.6) is 0 Å². The number of nitrogens with zero attached hydrogens (tertiary/aromatic N) is 3. The van der Waals surface area contributed by atoms with E-state index in [1.807, 2.05) is 19.9 Å². The predicted molar refractivity (Wildman–Crippen MR) is 69.2 cm³/mol. The number of nitrogens with two attached hydrogens (primary N) is 1. The molecule has 2 aromatic rings. The number of anilines is 2. The van der Waals surface area contributed by atoms with E-state index in [0.717, 1.165) is 5.56 Å². The van der Waals surface area contributed by atoms with E-state index < -0.39 is 0 Å². The summed E-state index contributed by atoms with van der Waals surface area (Å²) in [6, 6.07) is 3.65. The van der Waals surface area contributed by atoms with Crippen molar-refractivity contribution in [3.05, 3.63) is 35.8 Å². The smallest absolute Gasteiger partial charge is 0.277 e. The first-order valence-electron chi connectivity index (χ1n) is 5.67. The summed E-state index contributed by atoms with van der Waals surface area (Å²) in [7, 11) is 0. The van der Waals surface area contributed by atoms with E-state index in [2.05, 4.69) is 15.4 Å². The molecule has 2 aromatic heterocycles. The number of nitrogen functional groups attached to an aromatic ring is 1. The van der Waals surface area contributed by atoms with Crippen molar-refractivity contribution >= 4 is 17.4 Å². The summed E-state index contributed by atoms with van der Waals surface area (Å²) in [5, 5.41) is 6.73. The molecule has 94 valence electrons. The van der Waals surface area contributed by atoms with Gasteiger partial charge in [0.1, 0.15) is 11.5 Å². The minimum Gasteiger partial charge on any atom is -0.396 e. The lowest BCUT2D eigenvalue weighted by Gasteiger charge is -2.07. The summed E-state index contributed by atoms with van der Waals surface area (Å²) in [6.07, 6.45) is 3.12. The minimum atomic E-state index is -0.301. The van der Waals surface area contributed by atoms with Gasteiger partial charge in [-0.1, -0.05) is 0 Å². The minimum absolute atomic E-state index is 0.301. The molecule has 6 heteroatoms. The van der Waals surface area contributed by atoms with Crippen LogP contribution in [0, 0.1) is 6.92 Å². The van der Waals surface area contributed by atoms with Gasteiger partial charge in [0.25, 0.3) is 5.91 Å². The zero-order valence-electron chi connectivity index (χ0n) is 10.3. The van der Waals surface area contributed by atoms with Crippen LogP contribution in [0.25, 0.3) is 0 Å². The van der Waals surface area contributed by atoms with Crippen molar-refractivity contribution in [3.63, 3.8) is 0 Å². The standard InChI is InChI=1S/C12H15N5O/c1-3-17-11(9(13)7-15-17)12(18)16-10-6-8(2)4-5-14-10/h4-7H,3,13H2,1-2H3,(H,14,16,18). The molecule has 0 aromatic carbocycles. The molecule has 0 unspecified atom stereocenters. The lowest BCUT2D eigenvalue weighted by molar-refractivity contribution is 0.101. The highest BCUT2D eigenvalue weighted by Gasteiger charge is 2.16. The van der Waals surface area contributed by atoms with E-state index in [9.17, 15) is 4.79 Å². The zero-order chi connectivity index (χ0) is 13.1. The Balaban J connectivity index is 2.24. The Morgan fingerprint density at radius 2 is 2.33 bits per heavy atom. The summed E-state index contributed by atoms with van der Waals surface area (Å²) in [5.41, 5.74) is 7.49. The van der Waals surface area contributed by atoms with Gasteiger partial charge in [0.05, 0.1) is 11.9 Å². The Bertz CT molecular complexity index is 576. The summed E-state index contributed by atoms with van der Waals surface area (Å²) in [4.78, 5) is 16.2. The van der Waals surface area contributed by atoms with Crippen molar-refractivity contribution in [2.45, 2.75) is 20.4 Å². The van der Waals surface area contributed by atoms with E-state index >= 15 is 0 Å². The largest absolute Gasteiger partial charge is 0.396 e. The molecule has 0 radical (unpaired) electrons. The quantitative estimate of drug-likeness (QED) is 0.856. The molecule has 0 spiro atoms. The highest BCUT2D eigenvalue weighted by Crippen LogP contribution is 2.13. The molecule has 0 saturated carbocycles. The fraction of sp³-hybridized carbons (Fsp3) is 0.250. The molecule has 0 aliphatic heterocycles. The van der Waals surface area contributed by atoms with Gasteiger partial charge >= 0.3 is 0 Å². The van der Waals surface area contributed by atoms with Crippen molar-refractivity contribution < 1.29 is 4.79 Å².